The molecule has 0 N–H and O–H groups in total. The zero-order valence-electron chi connectivity index (χ0n) is 19.8. The van der Waals surface area contributed by atoms with E-state index in [0.29, 0.717) is 3.63 Å². The number of benzene rings is 3. The van der Waals surface area contributed by atoms with E-state index >= 15 is 0 Å². The molecule has 2 atom stereocenters. The molecule has 3 aromatic carbocycles. The molecule has 2 nitrogen and oxygen atoms in total. The van der Waals surface area contributed by atoms with Gasteiger partial charge in [-0.1, -0.05) is 0 Å². The first-order chi connectivity index (χ1) is 16.7. The third-order valence-electron chi connectivity index (χ3n) is 7.31. The first-order valence-corrected chi connectivity index (χ1v) is 14.5. The van der Waals surface area contributed by atoms with Crippen LogP contribution in [0, 0.1) is 6.92 Å². The summed E-state index contributed by atoms with van der Waals surface area (Å²) < 4.78 is 5.38. The molecular formula is C31H24Cl2N2Zr. The van der Waals surface area contributed by atoms with E-state index in [2.05, 4.69) is 138 Å². The molecule has 5 aromatic rings. The van der Waals surface area contributed by atoms with Gasteiger partial charge in [-0.3, -0.25) is 0 Å². The molecule has 0 saturated carbocycles. The summed E-state index contributed by atoms with van der Waals surface area (Å²) in [6, 6.07) is 33.5. The maximum absolute atomic E-state index is 2.52. The van der Waals surface area contributed by atoms with Crippen molar-refractivity contribution in [1.29, 1.82) is 0 Å². The molecule has 0 radical (unpaired) electrons. The number of allylic oxidation sites excluding steroid dienone is 2. The maximum atomic E-state index is 2.52. The Balaban J connectivity index is 0.00000133. The zero-order chi connectivity index (χ0) is 22.7. The van der Waals surface area contributed by atoms with Gasteiger partial charge in [0.05, 0.1) is 0 Å². The van der Waals surface area contributed by atoms with E-state index in [9.17, 15) is 0 Å². The van der Waals surface area contributed by atoms with Gasteiger partial charge in [0, 0.05) is 0 Å². The second kappa shape index (κ2) is 9.71. The Morgan fingerprint density at radius 2 is 1.47 bits per heavy atom. The standard InChI is InChI=1S/C18H14N.C13H10N.2ClH.Zr/c1-13-10-16-8-4-5-9-18(16)19(13)17-11-14-6-2-3-7-15(14)12-17;1-2-6-12-11(5-1)7-8-13(12)14-9-3-4-10-14;;;/h2-12H,1H3;1-10H;2*1H;/q;;;;+2/p-2. The quantitative estimate of drug-likeness (QED) is 0.301. The molecule has 2 aromatic heterocycles. The van der Waals surface area contributed by atoms with Crippen molar-refractivity contribution in [3.8, 4) is 0 Å². The minimum atomic E-state index is -1.19. The van der Waals surface area contributed by atoms with E-state index in [1.165, 1.54) is 44.5 Å². The largest absolute Gasteiger partial charge is 1.00 e. The van der Waals surface area contributed by atoms with Crippen LogP contribution in [0.25, 0.3) is 28.8 Å². The number of hydrogen-bond donors (Lipinski definition) is 0. The van der Waals surface area contributed by atoms with Crippen molar-refractivity contribution in [3.63, 3.8) is 0 Å². The first-order valence-electron chi connectivity index (χ1n) is 11.8. The molecule has 0 amide bonds. The van der Waals surface area contributed by atoms with Crippen molar-refractivity contribution < 1.29 is 48.0 Å². The molecule has 7 rings (SSSR count). The molecular weight excluding hydrogens is 562 g/mol. The number of nitrogens with zero attached hydrogens (tertiary/aromatic N) is 2. The second-order valence-electron chi connectivity index (χ2n) is 9.23. The van der Waals surface area contributed by atoms with Crippen LogP contribution in [0.2, 0.25) is 0 Å². The smallest absolute Gasteiger partial charge is 1.00 e. The van der Waals surface area contributed by atoms with Crippen LogP contribution in [0.15, 0.2) is 109 Å². The molecule has 2 aliphatic carbocycles. The van der Waals surface area contributed by atoms with Gasteiger partial charge in [-0.05, 0) is 0 Å². The third kappa shape index (κ3) is 3.72. The topological polar surface area (TPSA) is 9.86 Å². The van der Waals surface area contributed by atoms with Gasteiger partial charge in [0.15, 0.2) is 0 Å². The van der Waals surface area contributed by atoms with Crippen molar-refractivity contribution in [2.45, 2.75) is 13.8 Å². The molecule has 0 bridgehead atoms. The number of halogens is 2. The fraction of sp³-hybridized carbons (Fsp3) is 0.0968. The molecule has 2 aliphatic rings. The number of hydrogen-bond acceptors (Lipinski definition) is 0. The second-order valence-corrected chi connectivity index (χ2v) is 13.2. The minimum absolute atomic E-state index is 0. The van der Waals surface area contributed by atoms with E-state index < -0.39 is 23.2 Å². The molecule has 2 heterocycles. The molecule has 5 heteroatoms. The molecule has 0 saturated heterocycles. The summed E-state index contributed by atoms with van der Waals surface area (Å²) in [6.07, 6.45) is 11.8. The molecule has 2 unspecified atom stereocenters. The average Bonchev–Trinajstić information content (AvgIpc) is 3.64. The zero-order valence-corrected chi connectivity index (χ0v) is 23.7. The molecule has 36 heavy (non-hydrogen) atoms. The summed E-state index contributed by atoms with van der Waals surface area (Å²) in [4.78, 5) is 0. The van der Waals surface area contributed by atoms with Gasteiger partial charge in [0.2, 0.25) is 0 Å². The van der Waals surface area contributed by atoms with Crippen LogP contribution in [-0.2, 0) is 26.5 Å². The van der Waals surface area contributed by atoms with Gasteiger partial charge in [-0.2, -0.15) is 0 Å². The Bertz CT molecular complexity index is 1610. The number of para-hydroxylation sites is 1. The number of aromatic nitrogens is 2. The van der Waals surface area contributed by atoms with Crippen LogP contribution in [0.4, 0.5) is 0 Å². The average molecular weight is 587 g/mol. The summed E-state index contributed by atoms with van der Waals surface area (Å²) in [5.74, 6) is 0. The van der Waals surface area contributed by atoms with Gasteiger partial charge in [-0.25, -0.2) is 0 Å². The Kier molecular flexibility index (Phi) is 6.77. The van der Waals surface area contributed by atoms with Crippen molar-refractivity contribution in [2.24, 2.45) is 0 Å². The monoisotopic (exact) mass is 584 g/mol. The van der Waals surface area contributed by atoms with Crippen molar-refractivity contribution in [1.82, 2.24) is 9.13 Å². The van der Waals surface area contributed by atoms with E-state index in [1.807, 2.05) is 0 Å². The van der Waals surface area contributed by atoms with Crippen molar-refractivity contribution in [2.75, 3.05) is 0 Å². The van der Waals surface area contributed by atoms with Crippen molar-refractivity contribution in [3.05, 3.63) is 137 Å². The van der Waals surface area contributed by atoms with E-state index in [1.54, 1.807) is 0 Å². The van der Waals surface area contributed by atoms with Gasteiger partial charge in [0.1, 0.15) is 0 Å². The predicted octanol–water partition coefficient (Wildman–Crippen LogP) is 1.32. The molecule has 0 fully saturated rings. The van der Waals surface area contributed by atoms with Gasteiger partial charge in [0.25, 0.3) is 0 Å². The Hall–Kier alpha value is -2.58. The number of aryl methyl sites for hydroxylation is 1. The fourth-order valence-corrected chi connectivity index (χ4v) is 10.9. The normalized spacial score (nSPS) is 19.1. The Morgan fingerprint density at radius 3 is 2.31 bits per heavy atom. The first kappa shape index (κ1) is 25.1. The SMILES string of the molecule is Cc1cc2ccccc2n1C1=Cc2ccccc2[CH]1[Zr+2][C]1(n2cccc2)C=Cc2ccccc21.[Cl-].[Cl-]. The summed E-state index contributed by atoms with van der Waals surface area (Å²) in [7, 11) is 0. The van der Waals surface area contributed by atoms with Crippen LogP contribution < -0.4 is 24.8 Å². The number of rotatable bonds is 4. The fourth-order valence-electron chi connectivity index (χ4n) is 5.79. The van der Waals surface area contributed by atoms with Crippen molar-refractivity contribution >= 4 is 28.8 Å². The van der Waals surface area contributed by atoms with E-state index in [-0.39, 0.29) is 28.1 Å². The van der Waals surface area contributed by atoms with Crippen LogP contribution >= 0.6 is 0 Å². The third-order valence-corrected chi connectivity index (χ3v) is 12.3. The molecule has 176 valence electrons. The minimum Gasteiger partial charge on any atom is -1.00 e. The van der Waals surface area contributed by atoms with Crippen LogP contribution in [0.1, 0.15) is 31.6 Å². The van der Waals surface area contributed by atoms with Crippen LogP contribution in [0.5, 0.6) is 0 Å². The maximum Gasteiger partial charge on any atom is -1.00 e. The summed E-state index contributed by atoms with van der Waals surface area (Å²) >= 11 is -1.19. The predicted molar refractivity (Wildman–Crippen MR) is 137 cm³/mol. The molecule has 0 spiro atoms. The van der Waals surface area contributed by atoms with E-state index in [4.69, 9.17) is 0 Å². The van der Waals surface area contributed by atoms with Crippen LogP contribution in [-0.4, -0.2) is 9.13 Å². The van der Waals surface area contributed by atoms with Crippen LogP contribution in [0.3, 0.4) is 0 Å². The van der Waals surface area contributed by atoms with Gasteiger partial charge >= 0.3 is 212 Å². The van der Waals surface area contributed by atoms with Gasteiger partial charge in [-0.15, -0.1) is 0 Å². The van der Waals surface area contributed by atoms with E-state index in [0.717, 1.165) is 0 Å². The summed E-state index contributed by atoms with van der Waals surface area (Å²) in [5, 5.41) is 1.31. The Labute approximate surface area is 235 Å². The molecule has 0 aliphatic heterocycles. The number of fused-ring (bicyclic) bond motifs is 3. The summed E-state index contributed by atoms with van der Waals surface area (Å²) in [5.41, 5.74) is 9.73. The van der Waals surface area contributed by atoms with Gasteiger partial charge < -0.3 is 24.8 Å². The summed E-state index contributed by atoms with van der Waals surface area (Å²) in [6.45, 7) is 2.25. The Morgan fingerprint density at radius 1 is 0.778 bits per heavy atom.